The quantitative estimate of drug-likeness (QED) is 0.216. The maximum Gasteiger partial charge on any atom is 0.231 e. The standard InChI is InChI=1S/C12H24N4O3/c1-4-6-14-9(17)5-7-15-12(18)10(8(2)3)11(13)16-19/h8,10,19H,4-7H2,1-3H3,(H2,13,16)(H,14,17)(H,15,18). The third kappa shape index (κ3) is 6.64. The van der Waals surface area contributed by atoms with Crippen LogP contribution in [-0.4, -0.2) is 35.9 Å². The van der Waals surface area contributed by atoms with Gasteiger partial charge in [0.15, 0.2) is 5.84 Å². The van der Waals surface area contributed by atoms with Crippen LogP contribution in [0.1, 0.15) is 33.6 Å². The van der Waals surface area contributed by atoms with Crippen LogP contribution in [0, 0.1) is 11.8 Å². The van der Waals surface area contributed by atoms with Gasteiger partial charge in [-0.25, -0.2) is 0 Å². The summed E-state index contributed by atoms with van der Waals surface area (Å²) >= 11 is 0. The van der Waals surface area contributed by atoms with Crippen molar-refractivity contribution in [2.24, 2.45) is 22.7 Å². The van der Waals surface area contributed by atoms with Crippen molar-refractivity contribution in [1.82, 2.24) is 10.6 Å². The lowest BCUT2D eigenvalue weighted by molar-refractivity contribution is -0.124. The van der Waals surface area contributed by atoms with Crippen molar-refractivity contribution < 1.29 is 14.8 Å². The molecule has 0 aromatic heterocycles. The number of nitrogens with zero attached hydrogens (tertiary/aromatic N) is 1. The molecule has 1 unspecified atom stereocenters. The Morgan fingerprint density at radius 2 is 1.89 bits per heavy atom. The summed E-state index contributed by atoms with van der Waals surface area (Å²) in [7, 11) is 0. The number of hydrogen-bond acceptors (Lipinski definition) is 4. The van der Waals surface area contributed by atoms with Gasteiger partial charge in [-0.15, -0.1) is 0 Å². The van der Waals surface area contributed by atoms with E-state index >= 15 is 0 Å². The smallest absolute Gasteiger partial charge is 0.231 e. The first kappa shape index (κ1) is 17.2. The summed E-state index contributed by atoms with van der Waals surface area (Å²) in [6.07, 6.45) is 1.09. The molecule has 0 aromatic carbocycles. The van der Waals surface area contributed by atoms with Gasteiger partial charge in [0.2, 0.25) is 11.8 Å². The molecule has 7 heteroatoms. The highest BCUT2D eigenvalue weighted by atomic mass is 16.4. The van der Waals surface area contributed by atoms with Gasteiger partial charge in [0, 0.05) is 19.5 Å². The average Bonchev–Trinajstić information content (AvgIpc) is 2.35. The van der Waals surface area contributed by atoms with Crippen LogP contribution in [0.4, 0.5) is 0 Å². The summed E-state index contributed by atoms with van der Waals surface area (Å²) in [5.74, 6) is -1.35. The number of oxime groups is 1. The molecule has 0 aliphatic rings. The third-order valence-electron chi connectivity index (χ3n) is 2.61. The first-order valence-corrected chi connectivity index (χ1v) is 6.45. The maximum absolute atomic E-state index is 11.9. The Morgan fingerprint density at radius 3 is 2.37 bits per heavy atom. The lowest BCUT2D eigenvalue weighted by atomic mass is 9.94. The van der Waals surface area contributed by atoms with Gasteiger partial charge in [0.25, 0.3) is 0 Å². The van der Waals surface area contributed by atoms with Gasteiger partial charge < -0.3 is 21.6 Å². The summed E-state index contributed by atoms with van der Waals surface area (Å²) in [5.41, 5.74) is 5.48. The van der Waals surface area contributed by atoms with E-state index in [2.05, 4.69) is 15.8 Å². The minimum atomic E-state index is -0.691. The van der Waals surface area contributed by atoms with Crippen molar-refractivity contribution in [3.05, 3.63) is 0 Å². The van der Waals surface area contributed by atoms with Gasteiger partial charge in [0.05, 0.1) is 0 Å². The predicted octanol–water partition coefficient (Wildman–Crippen LogP) is 0.0375. The number of amidine groups is 1. The molecular formula is C12H24N4O3. The van der Waals surface area contributed by atoms with E-state index in [9.17, 15) is 9.59 Å². The first-order valence-electron chi connectivity index (χ1n) is 6.45. The second-order valence-corrected chi connectivity index (χ2v) is 4.64. The van der Waals surface area contributed by atoms with Crippen LogP contribution >= 0.6 is 0 Å². The average molecular weight is 272 g/mol. The van der Waals surface area contributed by atoms with Gasteiger partial charge >= 0.3 is 0 Å². The first-order chi connectivity index (χ1) is 8.93. The topological polar surface area (TPSA) is 117 Å². The third-order valence-corrected chi connectivity index (χ3v) is 2.61. The molecule has 0 bridgehead atoms. The van der Waals surface area contributed by atoms with E-state index in [1.54, 1.807) is 13.8 Å². The van der Waals surface area contributed by atoms with Crippen LogP contribution in [0.15, 0.2) is 5.16 Å². The summed E-state index contributed by atoms with van der Waals surface area (Å²) in [4.78, 5) is 23.2. The highest BCUT2D eigenvalue weighted by Crippen LogP contribution is 2.11. The van der Waals surface area contributed by atoms with Gasteiger partial charge in [-0.1, -0.05) is 25.9 Å². The highest BCUT2D eigenvalue weighted by Gasteiger charge is 2.26. The lowest BCUT2D eigenvalue weighted by Crippen LogP contribution is -2.42. The van der Waals surface area contributed by atoms with E-state index in [1.807, 2.05) is 6.92 Å². The van der Waals surface area contributed by atoms with Crippen molar-refractivity contribution in [3.8, 4) is 0 Å². The Labute approximate surface area is 113 Å². The number of carbonyl (C=O) groups excluding carboxylic acids is 2. The fraction of sp³-hybridized carbons (Fsp3) is 0.750. The van der Waals surface area contributed by atoms with Crippen LogP contribution in [0.5, 0.6) is 0 Å². The SMILES string of the molecule is CCCNC(=O)CCNC(=O)C(C(N)=NO)C(C)C. The second-order valence-electron chi connectivity index (χ2n) is 4.64. The zero-order valence-electron chi connectivity index (χ0n) is 11.8. The molecule has 0 aliphatic heterocycles. The normalized spacial score (nSPS) is 13.2. The molecule has 0 rings (SSSR count). The van der Waals surface area contributed by atoms with Crippen molar-refractivity contribution in [2.75, 3.05) is 13.1 Å². The lowest BCUT2D eigenvalue weighted by Gasteiger charge is -2.18. The van der Waals surface area contributed by atoms with Gasteiger partial charge in [-0.3, -0.25) is 9.59 Å². The van der Waals surface area contributed by atoms with Crippen molar-refractivity contribution >= 4 is 17.6 Å². The zero-order chi connectivity index (χ0) is 14.8. The van der Waals surface area contributed by atoms with E-state index < -0.39 is 5.92 Å². The molecule has 0 aliphatic carbocycles. The van der Waals surface area contributed by atoms with Crippen LogP contribution in [0.2, 0.25) is 0 Å². The molecule has 1 atom stereocenters. The number of rotatable bonds is 8. The monoisotopic (exact) mass is 272 g/mol. The van der Waals surface area contributed by atoms with E-state index in [4.69, 9.17) is 10.9 Å². The number of carbonyl (C=O) groups is 2. The minimum Gasteiger partial charge on any atom is -0.409 e. The number of nitrogens with two attached hydrogens (primary N) is 1. The highest BCUT2D eigenvalue weighted by molar-refractivity contribution is 6.02. The summed E-state index contributed by atoms with van der Waals surface area (Å²) in [6, 6.07) is 0. The Bertz CT molecular complexity index is 329. The summed E-state index contributed by atoms with van der Waals surface area (Å²) < 4.78 is 0. The molecule has 0 aromatic rings. The fourth-order valence-corrected chi connectivity index (χ4v) is 1.60. The Hall–Kier alpha value is -1.79. The van der Waals surface area contributed by atoms with Crippen molar-refractivity contribution in [2.45, 2.75) is 33.6 Å². The molecule has 0 fully saturated rings. The Balaban J connectivity index is 4.18. The fourth-order valence-electron chi connectivity index (χ4n) is 1.60. The van der Waals surface area contributed by atoms with E-state index in [1.165, 1.54) is 0 Å². The molecule has 7 nitrogen and oxygen atoms in total. The van der Waals surface area contributed by atoms with Crippen LogP contribution in [0.25, 0.3) is 0 Å². The molecule has 5 N–H and O–H groups in total. The van der Waals surface area contributed by atoms with E-state index in [-0.39, 0.29) is 36.5 Å². The molecule has 19 heavy (non-hydrogen) atoms. The second kappa shape index (κ2) is 9.18. The number of nitrogens with one attached hydrogen (secondary N) is 2. The van der Waals surface area contributed by atoms with Gasteiger partial charge in [-0.05, 0) is 12.3 Å². The van der Waals surface area contributed by atoms with Crippen LogP contribution in [-0.2, 0) is 9.59 Å². The summed E-state index contributed by atoms with van der Waals surface area (Å²) in [5, 5.41) is 16.8. The largest absolute Gasteiger partial charge is 0.409 e. The Kier molecular flexibility index (Phi) is 8.32. The van der Waals surface area contributed by atoms with Gasteiger partial charge in [-0.2, -0.15) is 0 Å². The molecule has 0 saturated heterocycles. The van der Waals surface area contributed by atoms with E-state index in [0.29, 0.717) is 6.54 Å². The molecule has 0 spiro atoms. The Morgan fingerprint density at radius 1 is 1.26 bits per heavy atom. The molecule has 0 heterocycles. The van der Waals surface area contributed by atoms with Crippen molar-refractivity contribution in [1.29, 1.82) is 0 Å². The molecule has 110 valence electrons. The van der Waals surface area contributed by atoms with Crippen LogP contribution in [0.3, 0.4) is 0 Å². The predicted molar refractivity (Wildman–Crippen MR) is 72.7 cm³/mol. The minimum absolute atomic E-state index is 0.0928. The van der Waals surface area contributed by atoms with Crippen LogP contribution < -0.4 is 16.4 Å². The van der Waals surface area contributed by atoms with E-state index in [0.717, 1.165) is 6.42 Å². The number of amides is 2. The molecule has 0 radical (unpaired) electrons. The molecular weight excluding hydrogens is 248 g/mol. The van der Waals surface area contributed by atoms with Gasteiger partial charge in [0.1, 0.15) is 5.92 Å². The van der Waals surface area contributed by atoms with Crippen molar-refractivity contribution in [3.63, 3.8) is 0 Å². The number of hydrogen-bond donors (Lipinski definition) is 4. The molecule has 0 saturated carbocycles. The maximum atomic E-state index is 11.9. The zero-order valence-corrected chi connectivity index (χ0v) is 11.8. The summed E-state index contributed by atoms with van der Waals surface area (Å²) in [6.45, 7) is 6.43. The molecule has 2 amide bonds.